The molecule has 2 aromatic carbocycles. The Morgan fingerprint density at radius 1 is 1.09 bits per heavy atom. The van der Waals surface area contributed by atoms with Crippen LogP contribution in [0.1, 0.15) is 49.4 Å². The summed E-state index contributed by atoms with van der Waals surface area (Å²) in [6.45, 7) is 11.5. The highest BCUT2D eigenvalue weighted by Crippen LogP contribution is 2.28. The van der Waals surface area contributed by atoms with Gasteiger partial charge in [-0.05, 0) is 75.9 Å². The van der Waals surface area contributed by atoms with Crippen LogP contribution in [0.2, 0.25) is 10.0 Å². The van der Waals surface area contributed by atoms with Gasteiger partial charge in [-0.2, -0.15) is 0 Å². The molecule has 0 aromatic heterocycles. The van der Waals surface area contributed by atoms with Crippen molar-refractivity contribution < 1.29 is 14.3 Å². The Hall–Kier alpha value is -2.24. The van der Waals surface area contributed by atoms with E-state index in [9.17, 15) is 9.59 Å². The van der Waals surface area contributed by atoms with Crippen molar-refractivity contribution in [2.75, 3.05) is 6.61 Å². The monoisotopic (exact) mass is 478 g/mol. The first kappa shape index (κ1) is 26.0. The van der Waals surface area contributed by atoms with Crippen molar-refractivity contribution in [2.24, 2.45) is 0 Å². The Bertz CT molecular complexity index is 956. The Morgan fingerprint density at radius 3 is 2.28 bits per heavy atom. The average molecular weight is 479 g/mol. The SMILES string of the molecule is CCC(C(=O)NC(C)C)N(Cc1c(Cl)cccc1Cl)C(=O)COc1cc(C)cc(C)c1C. The molecule has 2 amide bonds. The topological polar surface area (TPSA) is 58.6 Å². The van der Waals surface area contributed by atoms with E-state index in [1.165, 1.54) is 4.90 Å². The molecule has 1 atom stereocenters. The maximum Gasteiger partial charge on any atom is 0.261 e. The fourth-order valence-electron chi connectivity index (χ4n) is 3.53. The van der Waals surface area contributed by atoms with Crippen molar-refractivity contribution in [3.05, 3.63) is 62.6 Å². The van der Waals surface area contributed by atoms with E-state index in [-0.39, 0.29) is 31.0 Å². The molecule has 0 aliphatic carbocycles. The highest BCUT2D eigenvalue weighted by Gasteiger charge is 2.30. The van der Waals surface area contributed by atoms with Crippen molar-refractivity contribution in [1.82, 2.24) is 10.2 Å². The summed E-state index contributed by atoms with van der Waals surface area (Å²) in [6.07, 6.45) is 0.439. The first-order valence-corrected chi connectivity index (χ1v) is 11.5. The van der Waals surface area contributed by atoms with Crippen molar-refractivity contribution in [2.45, 2.75) is 66.6 Å². The minimum Gasteiger partial charge on any atom is -0.483 e. The quantitative estimate of drug-likeness (QED) is 0.507. The highest BCUT2D eigenvalue weighted by molar-refractivity contribution is 6.36. The number of carbonyl (C=O) groups excluding carboxylic acids is 2. The predicted octanol–water partition coefficient (Wildman–Crippen LogP) is 5.63. The summed E-state index contributed by atoms with van der Waals surface area (Å²) in [5.41, 5.74) is 3.73. The van der Waals surface area contributed by atoms with Gasteiger partial charge in [0.05, 0.1) is 0 Å². The lowest BCUT2D eigenvalue weighted by Gasteiger charge is -2.31. The molecule has 0 heterocycles. The summed E-state index contributed by atoms with van der Waals surface area (Å²) >= 11 is 12.7. The third kappa shape index (κ3) is 6.63. The largest absolute Gasteiger partial charge is 0.483 e. The van der Waals surface area contributed by atoms with Gasteiger partial charge in [0.2, 0.25) is 5.91 Å². The molecule has 0 spiro atoms. The van der Waals surface area contributed by atoms with E-state index in [4.69, 9.17) is 27.9 Å². The second-order valence-corrected chi connectivity index (χ2v) is 9.12. The summed E-state index contributed by atoms with van der Waals surface area (Å²) < 4.78 is 5.91. The summed E-state index contributed by atoms with van der Waals surface area (Å²) in [5.74, 6) is 0.123. The molecule has 0 aliphatic heterocycles. The number of nitrogens with zero attached hydrogens (tertiary/aromatic N) is 1. The van der Waals surface area contributed by atoms with Crippen LogP contribution in [0.5, 0.6) is 5.75 Å². The van der Waals surface area contributed by atoms with E-state index < -0.39 is 6.04 Å². The molecule has 1 N–H and O–H groups in total. The van der Waals surface area contributed by atoms with Gasteiger partial charge in [-0.1, -0.05) is 42.3 Å². The third-order valence-electron chi connectivity index (χ3n) is 5.32. The molecule has 0 radical (unpaired) electrons. The summed E-state index contributed by atoms with van der Waals surface area (Å²) in [6, 6.07) is 8.43. The van der Waals surface area contributed by atoms with Crippen molar-refractivity contribution in [3.63, 3.8) is 0 Å². The highest BCUT2D eigenvalue weighted by atomic mass is 35.5. The first-order chi connectivity index (χ1) is 15.0. The molecule has 0 fully saturated rings. The van der Waals surface area contributed by atoms with E-state index in [1.807, 2.05) is 47.6 Å². The molecular weight excluding hydrogens is 447 g/mol. The Balaban J connectivity index is 2.34. The van der Waals surface area contributed by atoms with Crippen LogP contribution in [-0.4, -0.2) is 35.4 Å². The molecule has 7 heteroatoms. The van der Waals surface area contributed by atoms with Gasteiger partial charge < -0.3 is 15.0 Å². The lowest BCUT2D eigenvalue weighted by Crippen LogP contribution is -2.51. The number of rotatable bonds is 9. The number of benzene rings is 2. The minimum absolute atomic E-state index is 0.0495. The molecule has 2 rings (SSSR count). The van der Waals surface area contributed by atoms with Crippen LogP contribution in [0.15, 0.2) is 30.3 Å². The number of aryl methyl sites for hydroxylation is 2. The number of nitrogens with one attached hydrogen (secondary N) is 1. The van der Waals surface area contributed by atoms with E-state index in [2.05, 4.69) is 11.4 Å². The maximum absolute atomic E-state index is 13.4. The van der Waals surface area contributed by atoms with Crippen LogP contribution in [0, 0.1) is 20.8 Å². The maximum atomic E-state index is 13.4. The second-order valence-electron chi connectivity index (χ2n) is 8.30. The van der Waals surface area contributed by atoms with Gasteiger partial charge in [-0.15, -0.1) is 0 Å². The van der Waals surface area contributed by atoms with Crippen molar-refractivity contribution in [3.8, 4) is 5.75 Å². The Morgan fingerprint density at radius 2 is 1.72 bits per heavy atom. The smallest absolute Gasteiger partial charge is 0.261 e. The second kappa shape index (κ2) is 11.6. The summed E-state index contributed by atoms with van der Waals surface area (Å²) in [7, 11) is 0. The van der Waals surface area contributed by atoms with Crippen LogP contribution in [0.25, 0.3) is 0 Å². The molecule has 32 heavy (non-hydrogen) atoms. The van der Waals surface area contributed by atoms with E-state index in [1.54, 1.807) is 18.2 Å². The molecule has 0 bridgehead atoms. The Kier molecular flexibility index (Phi) is 9.41. The van der Waals surface area contributed by atoms with Crippen molar-refractivity contribution in [1.29, 1.82) is 0 Å². The van der Waals surface area contributed by atoms with Gasteiger partial charge in [0.1, 0.15) is 11.8 Å². The predicted molar refractivity (Wildman–Crippen MR) is 131 cm³/mol. The van der Waals surface area contributed by atoms with Gasteiger partial charge in [0, 0.05) is 28.2 Å². The molecule has 1 unspecified atom stereocenters. The summed E-state index contributed by atoms with van der Waals surface area (Å²) in [4.78, 5) is 27.7. The number of hydrogen-bond acceptors (Lipinski definition) is 3. The van der Waals surface area contributed by atoms with Crippen LogP contribution in [0.3, 0.4) is 0 Å². The van der Waals surface area contributed by atoms with Gasteiger partial charge in [-0.25, -0.2) is 0 Å². The average Bonchev–Trinajstić information content (AvgIpc) is 2.70. The van der Waals surface area contributed by atoms with Crippen molar-refractivity contribution >= 4 is 35.0 Å². The number of halogens is 2. The third-order valence-corrected chi connectivity index (χ3v) is 6.03. The number of carbonyl (C=O) groups is 2. The molecule has 174 valence electrons. The zero-order valence-corrected chi connectivity index (χ0v) is 21.1. The van der Waals surface area contributed by atoms with Crippen LogP contribution < -0.4 is 10.1 Å². The van der Waals surface area contributed by atoms with E-state index in [0.717, 1.165) is 16.7 Å². The standard InChI is InChI=1S/C25H32Cl2N2O3/c1-7-22(25(31)28-15(2)3)29(13-19-20(26)9-8-10-21(19)27)24(30)14-32-23-12-16(4)11-17(5)18(23)6/h8-12,15,22H,7,13-14H2,1-6H3,(H,28,31). The number of ether oxygens (including phenoxy) is 1. The molecule has 5 nitrogen and oxygen atoms in total. The van der Waals surface area contributed by atoms with Crippen LogP contribution >= 0.6 is 23.2 Å². The van der Waals surface area contributed by atoms with E-state index >= 15 is 0 Å². The lowest BCUT2D eigenvalue weighted by molar-refractivity contribution is -0.143. The normalized spacial score (nSPS) is 11.9. The zero-order valence-electron chi connectivity index (χ0n) is 19.6. The number of hydrogen-bond donors (Lipinski definition) is 1. The molecule has 2 aromatic rings. The zero-order chi connectivity index (χ0) is 24.0. The fourth-order valence-corrected chi connectivity index (χ4v) is 4.04. The summed E-state index contributed by atoms with van der Waals surface area (Å²) in [5, 5.41) is 3.79. The van der Waals surface area contributed by atoms with Gasteiger partial charge in [-0.3, -0.25) is 9.59 Å². The van der Waals surface area contributed by atoms with Gasteiger partial charge in [0.15, 0.2) is 6.61 Å². The van der Waals surface area contributed by atoms with Gasteiger partial charge >= 0.3 is 0 Å². The molecular formula is C25H32Cl2N2O3. The first-order valence-electron chi connectivity index (χ1n) is 10.8. The lowest BCUT2D eigenvalue weighted by atomic mass is 10.1. The Labute approximate surface area is 201 Å². The van der Waals surface area contributed by atoms with Crippen LogP contribution in [-0.2, 0) is 16.1 Å². The molecule has 0 saturated heterocycles. The van der Waals surface area contributed by atoms with E-state index in [0.29, 0.717) is 27.8 Å². The minimum atomic E-state index is -0.679. The van der Waals surface area contributed by atoms with Gasteiger partial charge in [0.25, 0.3) is 5.91 Å². The number of amides is 2. The molecule has 0 aliphatic rings. The molecule has 0 saturated carbocycles. The van der Waals surface area contributed by atoms with Crippen LogP contribution in [0.4, 0.5) is 0 Å². The fraction of sp³-hybridized carbons (Fsp3) is 0.440.